The zero-order valence-electron chi connectivity index (χ0n) is 24.0. The van der Waals surface area contributed by atoms with Crippen LogP contribution in [-0.2, 0) is 23.7 Å². The van der Waals surface area contributed by atoms with Crippen molar-refractivity contribution >= 4 is 5.97 Å². The number of aliphatic hydroxyl groups is 1. The molecule has 2 unspecified atom stereocenters. The van der Waals surface area contributed by atoms with Crippen LogP contribution in [0.5, 0.6) is 0 Å². The normalized spacial score (nSPS) is 36.4. The summed E-state index contributed by atoms with van der Waals surface area (Å²) in [7, 11) is 0. The molecule has 0 aromatic heterocycles. The maximum atomic E-state index is 11.1. The zero-order valence-corrected chi connectivity index (χ0v) is 24.0. The molecule has 2 saturated heterocycles. The first kappa shape index (κ1) is 30.7. The van der Waals surface area contributed by atoms with Crippen LogP contribution in [0.15, 0.2) is 24.3 Å². The SMILES string of the molecule is CCCC1CC([C@@H](C=C[C@@H]2[C@@H](CCCCC=CC(=O)O)[C@@H](O)C[C@H]2OC2CCCCO2)OC2CCCCO2)C1. The summed E-state index contributed by atoms with van der Waals surface area (Å²) in [4.78, 5) is 10.7. The van der Waals surface area contributed by atoms with E-state index >= 15 is 0 Å². The molecule has 7 atom stereocenters. The third-order valence-corrected chi connectivity index (χ3v) is 9.18. The highest BCUT2D eigenvalue weighted by Gasteiger charge is 2.43. The maximum absolute atomic E-state index is 11.1. The average molecular weight is 549 g/mol. The van der Waals surface area contributed by atoms with Crippen LogP contribution in [0.1, 0.15) is 103 Å². The summed E-state index contributed by atoms with van der Waals surface area (Å²) in [6.45, 7) is 3.78. The van der Waals surface area contributed by atoms with Crippen molar-refractivity contribution in [2.24, 2.45) is 23.7 Å². The van der Waals surface area contributed by atoms with Crippen molar-refractivity contribution < 1.29 is 34.0 Å². The minimum atomic E-state index is -0.904. The van der Waals surface area contributed by atoms with Crippen molar-refractivity contribution in [3.63, 3.8) is 0 Å². The number of hydrogen-bond acceptors (Lipinski definition) is 6. The number of allylic oxidation sites excluding steroid dienone is 1. The van der Waals surface area contributed by atoms with Gasteiger partial charge in [0, 0.05) is 31.6 Å². The minimum absolute atomic E-state index is 0.0346. The third-order valence-electron chi connectivity index (χ3n) is 9.18. The Morgan fingerprint density at radius 1 is 1.00 bits per heavy atom. The fraction of sp³-hybridized carbons (Fsp3) is 0.844. The van der Waals surface area contributed by atoms with E-state index in [-0.39, 0.29) is 36.6 Å². The zero-order chi connectivity index (χ0) is 27.5. The van der Waals surface area contributed by atoms with Crippen LogP contribution in [0.25, 0.3) is 0 Å². The first-order valence-corrected chi connectivity index (χ1v) is 15.8. The molecule has 4 rings (SSSR count). The highest BCUT2D eigenvalue weighted by molar-refractivity contribution is 5.79. The van der Waals surface area contributed by atoms with E-state index < -0.39 is 12.1 Å². The second kappa shape index (κ2) is 16.3. The quantitative estimate of drug-likeness (QED) is 0.139. The van der Waals surface area contributed by atoms with Gasteiger partial charge in [0.1, 0.15) is 0 Å². The molecule has 7 heteroatoms. The molecule has 7 nitrogen and oxygen atoms in total. The van der Waals surface area contributed by atoms with Crippen LogP contribution in [0.4, 0.5) is 0 Å². The lowest BCUT2D eigenvalue weighted by atomic mass is 9.70. The molecule has 0 spiro atoms. The van der Waals surface area contributed by atoms with E-state index in [1.807, 2.05) is 0 Å². The van der Waals surface area contributed by atoms with Crippen LogP contribution in [-0.4, -0.2) is 60.3 Å². The van der Waals surface area contributed by atoms with Gasteiger partial charge in [-0.1, -0.05) is 44.4 Å². The topological polar surface area (TPSA) is 94.5 Å². The smallest absolute Gasteiger partial charge is 0.327 e. The van der Waals surface area contributed by atoms with Crippen molar-refractivity contribution in [3.05, 3.63) is 24.3 Å². The number of hydrogen-bond donors (Lipinski definition) is 2. The van der Waals surface area contributed by atoms with E-state index in [1.54, 1.807) is 6.08 Å². The molecule has 222 valence electrons. The van der Waals surface area contributed by atoms with Crippen LogP contribution in [0, 0.1) is 23.7 Å². The molecule has 0 amide bonds. The van der Waals surface area contributed by atoms with Gasteiger partial charge in [-0.15, -0.1) is 0 Å². The lowest BCUT2D eigenvalue weighted by Crippen LogP contribution is -2.38. The van der Waals surface area contributed by atoms with E-state index in [4.69, 9.17) is 24.1 Å². The van der Waals surface area contributed by atoms with Crippen molar-refractivity contribution in [1.29, 1.82) is 0 Å². The molecule has 39 heavy (non-hydrogen) atoms. The van der Waals surface area contributed by atoms with Crippen molar-refractivity contribution in [2.45, 2.75) is 134 Å². The van der Waals surface area contributed by atoms with Gasteiger partial charge in [-0.3, -0.25) is 0 Å². The first-order chi connectivity index (χ1) is 19.0. The highest BCUT2D eigenvalue weighted by Crippen LogP contribution is 2.43. The van der Waals surface area contributed by atoms with E-state index in [2.05, 4.69) is 19.1 Å². The molecule has 4 aliphatic rings. The second-order valence-electron chi connectivity index (χ2n) is 12.2. The van der Waals surface area contributed by atoms with Gasteiger partial charge in [-0.05, 0) is 88.4 Å². The third kappa shape index (κ3) is 9.67. The standard InChI is InChI=1S/C32H52O7/c1-2-11-23-20-24(21-23)28(38-31-14-7-9-18-36-31)17-16-26-25(12-5-3-4-6-13-30(34)35)27(33)22-29(26)39-32-15-8-10-19-37-32/h6,13,16-17,23-29,31-33H,2-5,7-12,14-15,18-22H2,1H3,(H,34,35)/t23?,24?,25-,26-,27+,28-,29-,31?,32?/m1/s1. The molecule has 0 radical (unpaired) electrons. The van der Waals surface area contributed by atoms with Gasteiger partial charge in [0.2, 0.25) is 0 Å². The summed E-state index contributed by atoms with van der Waals surface area (Å²) in [5, 5.41) is 19.9. The number of carboxylic acid groups (broad SMARTS) is 1. The van der Waals surface area contributed by atoms with Gasteiger partial charge < -0.3 is 29.2 Å². The Hall–Kier alpha value is -1.25. The summed E-state index contributed by atoms with van der Waals surface area (Å²) in [6.07, 6.45) is 22.1. The van der Waals surface area contributed by atoms with E-state index in [0.717, 1.165) is 83.3 Å². The Bertz CT molecular complexity index is 764. The minimum Gasteiger partial charge on any atom is -0.478 e. The first-order valence-electron chi connectivity index (χ1n) is 15.8. The fourth-order valence-corrected chi connectivity index (χ4v) is 6.98. The maximum Gasteiger partial charge on any atom is 0.327 e. The number of carboxylic acids is 1. The average Bonchev–Trinajstić information content (AvgIpc) is 3.20. The Labute approximate surface area is 235 Å². The predicted molar refractivity (Wildman–Crippen MR) is 150 cm³/mol. The van der Waals surface area contributed by atoms with Crippen LogP contribution in [0.2, 0.25) is 0 Å². The highest BCUT2D eigenvalue weighted by atomic mass is 16.7. The van der Waals surface area contributed by atoms with Crippen LogP contribution in [0.3, 0.4) is 0 Å². The largest absolute Gasteiger partial charge is 0.478 e. The molecule has 4 fully saturated rings. The molecule has 0 aromatic rings. The summed E-state index contributed by atoms with van der Waals surface area (Å²) < 4.78 is 24.9. The number of carbonyl (C=O) groups is 1. The molecule has 2 aliphatic heterocycles. The summed E-state index contributed by atoms with van der Waals surface area (Å²) in [6, 6.07) is 0. The van der Waals surface area contributed by atoms with E-state index in [9.17, 15) is 9.90 Å². The Morgan fingerprint density at radius 3 is 2.41 bits per heavy atom. The Morgan fingerprint density at radius 2 is 1.74 bits per heavy atom. The van der Waals surface area contributed by atoms with Crippen LogP contribution < -0.4 is 0 Å². The van der Waals surface area contributed by atoms with E-state index in [0.29, 0.717) is 12.3 Å². The van der Waals surface area contributed by atoms with Gasteiger partial charge >= 0.3 is 5.97 Å². The number of ether oxygens (including phenoxy) is 4. The fourth-order valence-electron chi connectivity index (χ4n) is 6.98. The summed E-state index contributed by atoms with van der Waals surface area (Å²) >= 11 is 0. The van der Waals surface area contributed by atoms with Crippen molar-refractivity contribution in [2.75, 3.05) is 13.2 Å². The number of aliphatic carboxylic acids is 1. The molecule has 2 N–H and O–H groups in total. The van der Waals surface area contributed by atoms with Gasteiger partial charge in [-0.2, -0.15) is 0 Å². The van der Waals surface area contributed by atoms with Gasteiger partial charge in [0.25, 0.3) is 0 Å². The number of unbranched alkanes of at least 4 members (excludes halogenated alkanes) is 2. The summed E-state index contributed by atoms with van der Waals surface area (Å²) in [5.74, 6) is 0.640. The van der Waals surface area contributed by atoms with Gasteiger partial charge in [0.15, 0.2) is 12.6 Å². The Kier molecular flexibility index (Phi) is 12.8. The molecular formula is C32H52O7. The monoisotopic (exact) mass is 548 g/mol. The number of aliphatic hydroxyl groups excluding tert-OH is 1. The molecule has 2 aliphatic carbocycles. The van der Waals surface area contributed by atoms with Gasteiger partial charge in [0.05, 0.1) is 18.3 Å². The lowest BCUT2D eigenvalue weighted by molar-refractivity contribution is -0.196. The number of rotatable bonds is 15. The molecule has 0 bridgehead atoms. The van der Waals surface area contributed by atoms with Crippen LogP contribution >= 0.6 is 0 Å². The molecular weight excluding hydrogens is 496 g/mol. The van der Waals surface area contributed by atoms with Crippen molar-refractivity contribution in [3.8, 4) is 0 Å². The second-order valence-corrected chi connectivity index (χ2v) is 12.2. The predicted octanol–water partition coefficient (Wildman–Crippen LogP) is 6.39. The van der Waals surface area contributed by atoms with Crippen molar-refractivity contribution in [1.82, 2.24) is 0 Å². The Balaban J connectivity index is 1.42. The van der Waals surface area contributed by atoms with Gasteiger partial charge in [-0.25, -0.2) is 4.79 Å². The molecule has 2 saturated carbocycles. The molecule has 0 aromatic carbocycles. The lowest BCUT2D eigenvalue weighted by Gasteiger charge is -2.41. The van der Waals surface area contributed by atoms with E-state index in [1.165, 1.54) is 31.8 Å². The summed E-state index contributed by atoms with van der Waals surface area (Å²) in [5.41, 5.74) is 0. The molecule has 2 heterocycles.